The predicted molar refractivity (Wildman–Crippen MR) is 66.2 cm³/mol. The van der Waals surface area contributed by atoms with Gasteiger partial charge in [-0.2, -0.15) is 0 Å². The second-order valence-corrected chi connectivity index (χ2v) is 5.35. The molecule has 3 N–H and O–H groups in total. The van der Waals surface area contributed by atoms with Gasteiger partial charge in [-0.15, -0.1) is 0 Å². The molecule has 0 aliphatic heterocycles. The fourth-order valence-corrected chi connectivity index (χ4v) is 1.25. The maximum atomic E-state index is 11.4. The third kappa shape index (κ3) is 9.93. The van der Waals surface area contributed by atoms with Crippen molar-refractivity contribution in [2.75, 3.05) is 19.7 Å². The predicted octanol–water partition coefficient (Wildman–Crippen LogP) is 0.899. The van der Waals surface area contributed by atoms with Crippen molar-refractivity contribution >= 4 is 5.91 Å². The number of hydrogen-bond acceptors (Lipinski definition) is 3. The summed E-state index contributed by atoms with van der Waals surface area (Å²) in [6.45, 7) is 9.78. The summed E-state index contributed by atoms with van der Waals surface area (Å²) in [7, 11) is 0. The van der Waals surface area contributed by atoms with Crippen LogP contribution in [0.2, 0.25) is 0 Å². The average molecular weight is 230 g/mol. The number of nitrogens with one attached hydrogen (secondary N) is 2. The normalized spacial score (nSPS) is 13.6. The summed E-state index contributed by atoms with van der Waals surface area (Å²) in [6.07, 6.45) is 1.24. The van der Waals surface area contributed by atoms with Crippen LogP contribution in [0.15, 0.2) is 0 Å². The number of aliphatic hydroxyl groups excluding tert-OH is 1. The Hall–Kier alpha value is -0.610. The van der Waals surface area contributed by atoms with Crippen LogP contribution in [-0.2, 0) is 4.79 Å². The summed E-state index contributed by atoms with van der Waals surface area (Å²) in [6, 6.07) is 0. The highest BCUT2D eigenvalue weighted by molar-refractivity contribution is 5.76. The van der Waals surface area contributed by atoms with Crippen LogP contribution in [0.4, 0.5) is 0 Å². The molecule has 1 atom stereocenters. The molecular weight excluding hydrogens is 204 g/mol. The first-order valence-corrected chi connectivity index (χ1v) is 5.97. The van der Waals surface area contributed by atoms with Crippen LogP contribution < -0.4 is 10.6 Å². The fourth-order valence-electron chi connectivity index (χ4n) is 1.25. The van der Waals surface area contributed by atoms with Gasteiger partial charge in [0, 0.05) is 31.7 Å². The van der Waals surface area contributed by atoms with Gasteiger partial charge in [0.2, 0.25) is 5.91 Å². The average Bonchev–Trinajstić information content (AvgIpc) is 2.13. The first kappa shape index (κ1) is 15.4. The topological polar surface area (TPSA) is 61.4 Å². The molecule has 0 aromatic carbocycles. The van der Waals surface area contributed by atoms with Gasteiger partial charge in [0.1, 0.15) is 0 Å². The van der Waals surface area contributed by atoms with E-state index in [1.54, 1.807) is 0 Å². The second-order valence-electron chi connectivity index (χ2n) is 5.35. The Kier molecular flexibility index (Phi) is 7.34. The second kappa shape index (κ2) is 7.63. The molecule has 0 aliphatic rings. The number of rotatable bonds is 7. The molecule has 0 aromatic rings. The Labute approximate surface area is 98.8 Å². The highest BCUT2D eigenvalue weighted by Gasteiger charge is 2.10. The van der Waals surface area contributed by atoms with Gasteiger partial charge in [0.15, 0.2) is 0 Å². The monoisotopic (exact) mass is 230 g/mol. The smallest absolute Gasteiger partial charge is 0.221 e. The Balaban J connectivity index is 3.52. The zero-order valence-corrected chi connectivity index (χ0v) is 11.0. The number of amides is 1. The molecule has 0 saturated carbocycles. The number of aliphatic hydroxyl groups is 1. The van der Waals surface area contributed by atoms with E-state index in [1.807, 2.05) is 6.92 Å². The van der Waals surface area contributed by atoms with E-state index in [1.165, 1.54) is 0 Å². The van der Waals surface area contributed by atoms with E-state index in [0.29, 0.717) is 25.4 Å². The molecule has 0 rings (SSSR count). The minimum atomic E-state index is 0.0600. The van der Waals surface area contributed by atoms with E-state index in [9.17, 15) is 4.79 Å². The number of carbonyl (C=O) groups is 1. The van der Waals surface area contributed by atoms with Crippen LogP contribution in [0.1, 0.15) is 40.5 Å². The van der Waals surface area contributed by atoms with Gasteiger partial charge in [0.05, 0.1) is 0 Å². The molecule has 0 bridgehead atoms. The molecule has 1 amide bonds. The Bertz CT molecular complexity index is 200. The van der Waals surface area contributed by atoms with Gasteiger partial charge >= 0.3 is 0 Å². The van der Waals surface area contributed by atoms with Crippen molar-refractivity contribution in [2.24, 2.45) is 5.92 Å². The minimum absolute atomic E-state index is 0.0600. The summed E-state index contributed by atoms with van der Waals surface area (Å²) < 4.78 is 0. The van der Waals surface area contributed by atoms with Gasteiger partial charge in [-0.05, 0) is 33.1 Å². The number of carbonyl (C=O) groups excluding carboxylic acids is 1. The van der Waals surface area contributed by atoms with Gasteiger partial charge in [-0.1, -0.05) is 6.92 Å². The lowest BCUT2D eigenvalue weighted by molar-refractivity contribution is -0.121. The highest BCUT2D eigenvalue weighted by atomic mass is 16.3. The van der Waals surface area contributed by atoms with Crippen molar-refractivity contribution in [1.82, 2.24) is 10.6 Å². The van der Waals surface area contributed by atoms with Gasteiger partial charge in [-0.25, -0.2) is 0 Å². The Morgan fingerprint density at radius 2 is 2.00 bits per heavy atom. The molecular formula is C12H26N2O2. The van der Waals surface area contributed by atoms with Gasteiger partial charge in [-0.3, -0.25) is 4.79 Å². The number of hydrogen-bond donors (Lipinski definition) is 3. The maximum Gasteiger partial charge on any atom is 0.221 e. The van der Waals surface area contributed by atoms with E-state index in [4.69, 9.17) is 5.11 Å². The van der Waals surface area contributed by atoms with Crippen molar-refractivity contribution in [3.63, 3.8) is 0 Å². The lowest BCUT2D eigenvalue weighted by atomic mass is 10.1. The first-order valence-electron chi connectivity index (χ1n) is 5.97. The van der Waals surface area contributed by atoms with Crippen molar-refractivity contribution < 1.29 is 9.90 Å². The summed E-state index contributed by atoms with van der Waals surface area (Å²) in [4.78, 5) is 11.4. The Morgan fingerprint density at radius 3 is 2.50 bits per heavy atom. The summed E-state index contributed by atoms with van der Waals surface area (Å²) in [5.74, 6) is 0.408. The zero-order valence-electron chi connectivity index (χ0n) is 11.0. The van der Waals surface area contributed by atoms with Crippen molar-refractivity contribution in [2.45, 2.75) is 46.1 Å². The van der Waals surface area contributed by atoms with Crippen molar-refractivity contribution in [1.29, 1.82) is 0 Å². The molecule has 0 aliphatic carbocycles. The van der Waals surface area contributed by atoms with Crippen LogP contribution >= 0.6 is 0 Å². The first-order chi connectivity index (χ1) is 7.35. The molecule has 0 aromatic heterocycles. The van der Waals surface area contributed by atoms with E-state index in [-0.39, 0.29) is 18.1 Å². The lowest BCUT2D eigenvalue weighted by Gasteiger charge is -2.20. The lowest BCUT2D eigenvalue weighted by Crippen LogP contribution is -2.39. The van der Waals surface area contributed by atoms with Crippen LogP contribution in [0, 0.1) is 5.92 Å². The molecule has 0 spiro atoms. The molecule has 1 unspecified atom stereocenters. The van der Waals surface area contributed by atoms with E-state index < -0.39 is 0 Å². The van der Waals surface area contributed by atoms with Crippen LogP contribution in [0.3, 0.4) is 0 Å². The van der Waals surface area contributed by atoms with Crippen molar-refractivity contribution in [3.8, 4) is 0 Å². The molecule has 0 radical (unpaired) electrons. The Morgan fingerprint density at radius 1 is 1.38 bits per heavy atom. The zero-order chi connectivity index (χ0) is 12.6. The van der Waals surface area contributed by atoms with E-state index in [2.05, 4.69) is 31.4 Å². The van der Waals surface area contributed by atoms with Crippen LogP contribution in [0.25, 0.3) is 0 Å². The molecule has 0 saturated heterocycles. The quantitative estimate of drug-likeness (QED) is 0.609. The third-order valence-electron chi connectivity index (χ3n) is 2.28. The third-order valence-corrected chi connectivity index (χ3v) is 2.28. The summed E-state index contributed by atoms with van der Waals surface area (Å²) in [5.41, 5.74) is 0.0600. The SMILES string of the molecule is CC(CCO)CNC(=O)CCNC(C)(C)C. The van der Waals surface area contributed by atoms with Crippen LogP contribution in [0.5, 0.6) is 0 Å². The van der Waals surface area contributed by atoms with Crippen molar-refractivity contribution in [3.05, 3.63) is 0 Å². The van der Waals surface area contributed by atoms with Crippen LogP contribution in [-0.4, -0.2) is 36.2 Å². The summed E-state index contributed by atoms with van der Waals surface area (Å²) in [5, 5.41) is 14.8. The molecule has 4 heteroatoms. The molecule has 16 heavy (non-hydrogen) atoms. The molecule has 96 valence electrons. The summed E-state index contributed by atoms with van der Waals surface area (Å²) >= 11 is 0. The largest absolute Gasteiger partial charge is 0.396 e. The van der Waals surface area contributed by atoms with Gasteiger partial charge < -0.3 is 15.7 Å². The van der Waals surface area contributed by atoms with E-state index >= 15 is 0 Å². The molecule has 0 fully saturated rings. The fraction of sp³-hybridized carbons (Fsp3) is 0.917. The van der Waals surface area contributed by atoms with Gasteiger partial charge in [0.25, 0.3) is 0 Å². The highest BCUT2D eigenvalue weighted by Crippen LogP contribution is 1.99. The standard InChI is InChI=1S/C12H26N2O2/c1-10(6-8-15)9-13-11(16)5-7-14-12(2,3)4/h10,14-15H,5-9H2,1-4H3,(H,13,16). The maximum absolute atomic E-state index is 11.4. The molecule has 0 heterocycles. The van der Waals surface area contributed by atoms with E-state index in [0.717, 1.165) is 6.42 Å². The molecule has 4 nitrogen and oxygen atoms in total. The minimum Gasteiger partial charge on any atom is -0.396 e.